The van der Waals surface area contributed by atoms with Crippen LogP contribution in [0.3, 0.4) is 0 Å². The highest BCUT2D eigenvalue weighted by atomic mass is 79.9. The highest BCUT2D eigenvalue weighted by molar-refractivity contribution is 9.10. The second-order valence-electron chi connectivity index (χ2n) is 3.27. The molecule has 0 unspecified atom stereocenters. The Morgan fingerprint density at radius 1 is 1.57 bits per heavy atom. The Labute approximate surface area is 89.2 Å². The second kappa shape index (κ2) is 3.05. The predicted octanol–water partition coefficient (Wildman–Crippen LogP) is 0.547. The maximum absolute atomic E-state index is 11.5. The topological polar surface area (TPSA) is 75.3 Å². The summed E-state index contributed by atoms with van der Waals surface area (Å²) in [4.78, 5) is 11.5. The first-order valence-corrected chi connectivity index (χ1v) is 4.88. The average Bonchev–Trinajstić information content (AvgIpc) is 2.41. The van der Waals surface area contributed by atoms with Gasteiger partial charge in [-0.05, 0) is 18.2 Å². The lowest BCUT2D eigenvalue weighted by Crippen LogP contribution is -2.46. The number of aliphatic hydroxyl groups excluding tert-OH is 1. The van der Waals surface area contributed by atoms with E-state index in [1.165, 1.54) is 0 Å². The number of fused-ring (bicyclic) bond motifs is 1. The van der Waals surface area contributed by atoms with Gasteiger partial charge >= 0.3 is 0 Å². The molecule has 1 aliphatic heterocycles. The first-order chi connectivity index (χ1) is 6.58. The summed E-state index contributed by atoms with van der Waals surface area (Å²) in [5.74, 6) is -0.367. The van der Waals surface area contributed by atoms with Crippen LogP contribution in [0.2, 0.25) is 0 Å². The standard InChI is InChI=1S/C9H9BrN2O2/c10-5-1-2-7-6(3-5)9(11,4-13)8(14)12-7/h1-3,13H,4,11H2,(H,12,14)/t9-/m0/s1. The van der Waals surface area contributed by atoms with Crippen molar-refractivity contribution in [2.75, 3.05) is 11.9 Å². The number of amides is 1. The number of benzene rings is 1. The highest BCUT2D eigenvalue weighted by Gasteiger charge is 2.43. The number of nitrogens with one attached hydrogen (secondary N) is 1. The minimum Gasteiger partial charge on any atom is -0.394 e. The summed E-state index contributed by atoms with van der Waals surface area (Å²) in [5, 5.41) is 11.8. The molecule has 0 fully saturated rings. The molecule has 4 N–H and O–H groups in total. The number of aliphatic hydroxyl groups is 1. The van der Waals surface area contributed by atoms with E-state index in [0.717, 1.165) is 4.47 Å². The largest absolute Gasteiger partial charge is 0.394 e. The Bertz CT molecular complexity index is 408. The van der Waals surface area contributed by atoms with E-state index in [1.54, 1.807) is 12.1 Å². The van der Waals surface area contributed by atoms with Crippen molar-refractivity contribution in [3.8, 4) is 0 Å². The van der Waals surface area contributed by atoms with Crippen molar-refractivity contribution in [2.45, 2.75) is 5.54 Å². The lowest BCUT2D eigenvalue weighted by atomic mass is 9.94. The molecule has 0 saturated carbocycles. The van der Waals surface area contributed by atoms with Crippen molar-refractivity contribution in [3.05, 3.63) is 28.2 Å². The van der Waals surface area contributed by atoms with Crippen LogP contribution in [0, 0.1) is 0 Å². The van der Waals surface area contributed by atoms with Gasteiger partial charge in [0.1, 0.15) is 5.54 Å². The molecule has 5 heteroatoms. The molecule has 1 aromatic rings. The molecule has 1 amide bonds. The number of anilines is 1. The molecule has 1 aliphatic rings. The zero-order valence-corrected chi connectivity index (χ0v) is 8.84. The summed E-state index contributed by atoms with van der Waals surface area (Å²) >= 11 is 3.29. The van der Waals surface area contributed by atoms with Gasteiger partial charge in [-0.25, -0.2) is 0 Å². The number of hydrogen-bond donors (Lipinski definition) is 3. The number of carbonyl (C=O) groups is 1. The average molecular weight is 257 g/mol. The molecule has 4 nitrogen and oxygen atoms in total. The Kier molecular flexibility index (Phi) is 2.10. The number of rotatable bonds is 1. The lowest BCUT2D eigenvalue weighted by Gasteiger charge is -2.18. The lowest BCUT2D eigenvalue weighted by molar-refractivity contribution is -0.122. The molecule has 1 heterocycles. The van der Waals surface area contributed by atoms with Crippen LogP contribution in [-0.2, 0) is 10.3 Å². The first kappa shape index (κ1) is 9.64. The van der Waals surface area contributed by atoms with Crippen molar-refractivity contribution in [2.24, 2.45) is 5.73 Å². The summed E-state index contributed by atoms with van der Waals surface area (Å²) in [6, 6.07) is 5.30. The summed E-state index contributed by atoms with van der Waals surface area (Å²) in [5.41, 5.74) is 5.78. The van der Waals surface area contributed by atoms with Crippen LogP contribution in [0.4, 0.5) is 5.69 Å². The number of hydrogen-bond acceptors (Lipinski definition) is 3. The van der Waals surface area contributed by atoms with Gasteiger partial charge < -0.3 is 16.2 Å². The number of nitrogens with two attached hydrogens (primary N) is 1. The molecule has 2 rings (SSSR count). The van der Waals surface area contributed by atoms with Gasteiger partial charge in [0.15, 0.2) is 0 Å². The summed E-state index contributed by atoms with van der Waals surface area (Å²) in [6.07, 6.45) is 0. The van der Waals surface area contributed by atoms with Crippen LogP contribution < -0.4 is 11.1 Å². The molecule has 1 aromatic carbocycles. The third-order valence-corrected chi connectivity index (χ3v) is 2.86. The third-order valence-electron chi connectivity index (χ3n) is 2.37. The molecular weight excluding hydrogens is 248 g/mol. The van der Waals surface area contributed by atoms with Crippen LogP contribution in [-0.4, -0.2) is 17.6 Å². The van der Waals surface area contributed by atoms with Gasteiger partial charge in [0.25, 0.3) is 5.91 Å². The Morgan fingerprint density at radius 3 is 2.93 bits per heavy atom. The number of halogens is 1. The molecule has 0 spiro atoms. The van der Waals surface area contributed by atoms with Gasteiger partial charge in [0, 0.05) is 15.7 Å². The van der Waals surface area contributed by atoms with Gasteiger partial charge in [0.2, 0.25) is 0 Å². The summed E-state index contributed by atoms with van der Waals surface area (Å²) in [7, 11) is 0. The van der Waals surface area contributed by atoms with Crippen LogP contribution in [0.5, 0.6) is 0 Å². The van der Waals surface area contributed by atoms with Gasteiger partial charge in [-0.2, -0.15) is 0 Å². The monoisotopic (exact) mass is 256 g/mol. The highest BCUT2D eigenvalue weighted by Crippen LogP contribution is 2.35. The molecule has 74 valence electrons. The molecule has 0 aliphatic carbocycles. The third kappa shape index (κ3) is 1.17. The fourth-order valence-corrected chi connectivity index (χ4v) is 1.87. The Hall–Kier alpha value is -0.910. The first-order valence-electron chi connectivity index (χ1n) is 4.09. The minimum absolute atomic E-state index is 0.367. The zero-order chi connectivity index (χ0) is 10.3. The normalized spacial score (nSPS) is 24.6. The van der Waals surface area contributed by atoms with Crippen molar-refractivity contribution in [3.63, 3.8) is 0 Å². The fraction of sp³-hybridized carbons (Fsp3) is 0.222. The van der Waals surface area contributed by atoms with E-state index >= 15 is 0 Å². The van der Waals surface area contributed by atoms with Gasteiger partial charge in [-0.3, -0.25) is 4.79 Å². The molecule has 0 radical (unpaired) electrons. The predicted molar refractivity (Wildman–Crippen MR) is 55.7 cm³/mol. The maximum Gasteiger partial charge on any atom is 0.251 e. The van der Waals surface area contributed by atoms with Crippen molar-refractivity contribution >= 4 is 27.5 Å². The van der Waals surface area contributed by atoms with Crippen molar-refractivity contribution in [1.29, 1.82) is 0 Å². The van der Waals surface area contributed by atoms with E-state index < -0.39 is 12.1 Å². The Morgan fingerprint density at radius 2 is 2.29 bits per heavy atom. The van der Waals surface area contributed by atoms with Gasteiger partial charge in [0.05, 0.1) is 6.61 Å². The molecule has 14 heavy (non-hydrogen) atoms. The van der Waals surface area contributed by atoms with Crippen LogP contribution in [0.25, 0.3) is 0 Å². The quantitative estimate of drug-likeness (QED) is 0.687. The van der Waals surface area contributed by atoms with E-state index in [0.29, 0.717) is 11.3 Å². The SMILES string of the molecule is N[C@]1(CO)C(=O)Nc2ccc(Br)cc21. The molecule has 0 aromatic heterocycles. The zero-order valence-electron chi connectivity index (χ0n) is 7.25. The van der Waals surface area contributed by atoms with Crippen molar-refractivity contribution in [1.82, 2.24) is 0 Å². The minimum atomic E-state index is -1.31. The van der Waals surface area contributed by atoms with Crippen LogP contribution >= 0.6 is 15.9 Å². The van der Waals surface area contributed by atoms with Gasteiger partial charge in [-0.15, -0.1) is 0 Å². The maximum atomic E-state index is 11.5. The van der Waals surface area contributed by atoms with E-state index in [2.05, 4.69) is 21.2 Å². The van der Waals surface area contributed by atoms with Crippen LogP contribution in [0.15, 0.2) is 22.7 Å². The van der Waals surface area contributed by atoms with Crippen molar-refractivity contribution < 1.29 is 9.90 Å². The molecule has 0 saturated heterocycles. The van der Waals surface area contributed by atoms with Gasteiger partial charge in [-0.1, -0.05) is 15.9 Å². The fourth-order valence-electron chi connectivity index (χ4n) is 1.51. The van der Waals surface area contributed by atoms with E-state index in [-0.39, 0.29) is 5.91 Å². The van der Waals surface area contributed by atoms with E-state index in [1.807, 2.05) is 6.07 Å². The smallest absolute Gasteiger partial charge is 0.251 e. The Balaban J connectivity index is 2.61. The number of carbonyl (C=O) groups excluding carboxylic acids is 1. The van der Waals surface area contributed by atoms with E-state index in [9.17, 15) is 4.79 Å². The summed E-state index contributed by atoms with van der Waals surface area (Å²) in [6.45, 7) is -0.401. The van der Waals surface area contributed by atoms with Crippen LogP contribution in [0.1, 0.15) is 5.56 Å². The van der Waals surface area contributed by atoms with E-state index in [4.69, 9.17) is 10.8 Å². The molecule has 0 bridgehead atoms. The molecular formula is C9H9BrN2O2. The second-order valence-corrected chi connectivity index (χ2v) is 4.19. The summed E-state index contributed by atoms with van der Waals surface area (Å²) < 4.78 is 0.830. The molecule has 1 atom stereocenters.